The van der Waals surface area contributed by atoms with Gasteiger partial charge in [0, 0.05) is 24.0 Å². The van der Waals surface area contributed by atoms with Crippen LogP contribution in [0.4, 0.5) is 5.69 Å². The van der Waals surface area contributed by atoms with E-state index >= 15 is 0 Å². The molecule has 11 heteroatoms. The fourth-order valence-electron chi connectivity index (χ4n) is 5.93. The molecule has 0 bridgehead atoms. The molecular weight excluding hydrogens is 689 g/mol. The molecule has 1 aliphatic carbocycles. The zero-order valence-corrected chi connectivity index (χ0v) is 29.7. The second kappa shape index (κ2) is 16.2. The average molecular weight is 727 g/mol. The number of nitrogens with one attached hydrogen (secondary N) is 1. The molecule has 1 aliphatic rings. The van der Waals surface area contributed by atoms with Crippen LogP contribution in [0, 0.1) is 6.92 Å². The Labute approximate surface area is 297 Å². The summed E-state index contributed by atoms with van der Waals surface area (Å²) in [7, 11) is -4.24. The number of carbonyl (C=O) groups is 2. The standard InChI is InChI=1S/C37H38Cl3N3O4S/c1-26-15-18-32(19-16-26)48(46,47)43(31-14-8-11-29(38)23-31)25-36(44)42(24-28-17-20-33(39)34(40)21-28)35(22-27-9-4-2-5-10-27)37(45)41-30-12-6-3-7-13-30/h2,4-5,8-11,14-21,23,30,35H,3,6-7,12-13,22,24-25H2,1H3,(H,41,45). The third-order valence-electron chi connectivity index (χ3n) is 8.54. The molecule has 1 unspecified atom stereocenters. The SMILES string of the molecule is Cc1ccc(S(=O)(=O)N(CC(=O)N(Cc2ccc(Cl)c(Cl)c2)C(Cc2ccccc2)C(=O)NC2CCCCC2)c2cccc(Cl)c2)cc1. The van der Waals surface area contributed by atoms with Gasteiger partial charge in [-0.3, -0.25) is 13.9 Å². The predicted octanol–water partition coefficient (Wildman–Crippen LogP) is 8.24. The van der Waals surface area contributed by atoms with E-state index in [1.165, 1.54) is 23.1 Å². The highest BCUT2D eigenvalue weighted by Gasteiger charge is 2.35. The van der Waals surface area contributed by atoms with Crippen LogP contribution in [-0.2, 0) is 32.6 Å². The number of halogens is 3. The Morgan fingerprint density at radius 1 is 0.812 bits per heavy atom. The summed E-state index contributed by atoms with van der Waals surface area (Å²) in [5.74, 6) is -0.869. The van der Waals surface area contributed by atoms with Crippen molar-refractivity contribution in [1.29, 1.82) is 0 Å². The van der Waals surface area contributed by atoms with Gasteiger partial charge in [-0.2, -0.15) is 0 Å². The Morgan fingerprint density at radius 3 is 2.19 bits per heavy atom. The Balaban J connectivity index is 1.57. The van der Waals surface area contributed by atoms with Crippen LogP contribution in [-0.4, -0.2) is 43.8 Å². The average Bonchev–Trinajstić information content (AvgIpc) is 3.07. The van der Waals surface area contributed by atoms with Crippen molar-refractivity contribution >= 4 is 62.3 Å². The van der Waals surface area contributed by atoms with Gasteiger partial charge >= 0.3 is 0 Å². The Hall–Kier alpha value is -3.56. The number of benzene rings is 4. The van der Waals surface area contributed by atoms with Gasteiger partial charge in [0.1, 0.15) is 12.6 Å². The van der Waals surface area contributed by atoms with Crippen molar-refractivity contribution < 1.29 is 18.0 Å². The van der Waals surface area contributed by atoms with E-state index in [9.17, 15) is 18.0 Å². The third-order valence-corrected chi connectivity index (χ3v) is 11.3. The fourth-order valence-corrected chi connectivity index (χ4v) is 7.84. The highest BCUT2D eigenvalue weighted by molar-refractivity contribution is 7.92. The molecule has 0 aromatic heterocycles. The first-order chi connectivity index (χ1) is 23.0. The second-order valence-corrected chi connectivity index (χ2v) is 15.2. The molecule has 48 heavy (non-hydrogen) atoms. The Bertz CT molecular complexity index is 1830. The van der Waals surface area contributed by atoms with E-state index in [0.29, 0.717) is 20.6 Å². The number of anilines is 1. The summed E-state index contributed by atoms with van der Waals surface area (Å²) in [6, 6.07) is 26.3. The number of sulfonamides is 1. The first kappa shape index (κ1) is 35.7. The second-order valence-electron chi connectivity index (χ2n) is 12.1. The van der Waals surface area contributed by atoms with E-state index < -0.39 is 28.5 Å². The van der Waals surface area contributed by atoms with E-state index in [0.717, 1.165) is 47.5 Å². The Morgan fingerprint density at radius 2 is 1.52 bits per heavy atom. The van der Waals surface area contributed by atoms with Crippen LogP contribution in [0.2, 0.25) is 15.1 Å². The molecule has 252 valence electrons. The van der Waals surface area contributed by atoms with Gasteiger partial charge in [0.2, 0.25) is 11.8 Å². The van der Waals surface area contributed by atoms with Crippen molar-refractivity contribution in [1.82, 2.24) is 10.2 Å². The van der Waals surface area contributed by atoms with Crippen LogP contribution in [0.1, 0.15) is 48.8 Å². The lowest BCUT2D eigenvalue weighted by molar-refractivity contribution is -0.140. The monoisotopic (exact) mass is 725 g/mol. The molecule has 0 saturated heterocycles. The van der Waals surface area contributed by atoms with Crippen LogP contribution in [0.15, 0.2) is 102 Å². The van der Waals surface area contributed by atoms with Crippen molar-refractivity contribution in [2.45, 2.75) is 69.0 Å². The first-order valence-electron chi connectivity index (χ1n) is 15.9. The van der Waals surface area contributed by atoms with Gasteiger partial charge < -0.3 is 10.2 Å². The van der Waals surface area contributed by atoms with E-state index in [1.54, 1.807) is 48.5 Å². The van der Waals surface area contributed by atoms with Crippen LogP contribution in [0.5, 0.6) is 0 Å². The summed E-state index contributed by atoms with van der Waals surface area (Å²) in [6.45, 7) is 1.26. The summed E-state index contributed by atoms with van der Waals surface area (Å²) < 4.78 is 29.5. The maximum absolute atomic E-state index is 14.7. The number of carbonyl (C=O) groups excluding carboxylic acids is 2. The molecule has 4 aromatic rings. The molecule has 0 spiro atoms. The lowest BCUT2D eigenvalue weighted by atomic mass is 9.94. The first-order valence-corrected chi connectivity index (χ1v) is 18.5. The molecule has 2 amide bonds. The van der Waals surface area contributed by atoms with Crippen LogP contribution >= 0.6 is 34.8 Å². The summed E-state index contributed by atoms with van der Waals surface area (Å²) in [6.07, 6.45) is 5.10. The zero-order chi connectivity index (χ0) is 34.3. The van der Waals surface area contributed by atoms with Crippen LogP contribution < -0.4 is 9.62 Å². The van der Waals surface area contributed by atoms with Crippen molar-refractivity contribution in [3.8, 4) is 0 Å². The van der Waals surface area contributed by atoms with Crippen molar-refractivity contribution in [3.05, 3.63) is 129 Å². The van der Waals surface area contributed by atoms with E-state index in [-0.39, 0.29) is 35.5 Å². The summed E-state index contributed by atoms with van der Waals surface area (Å²) in [4.78, 5) is 30.4. The molecule has 1 saturated carbocycles. The minimum absolute atomic E-state index is 0.00340. The molecule has 4 aromatic carbocycles. The van der Waals surface area contributed by atoms with E-state index in [1.807, 2.05) is 37.3 Å². The van der Waals surface area contributed by atoms with Gasteiger partial charge in [-0.1, -0.05) is 114 Å². The lowest BCUT2D eigenvalue weighted by Crippen LogP contribution is -2.55. The quantitative estimate of drug-likeness (QED) is 0.159. The zero-order valence-electron chi connectivity index (χ0n) is 26.6. The predicted molar refractivity (Wildman–Crippen MR) is 193 cm³/mol. The normalized spacial score (nSPS) is 14.2. The molecule has 5 rings (SSSR count). The number of aryl methyl sites for hydroxylation is 1. The number of hydrogen-bond donors (Lipinski definition) is 1. The highest BCUT2D eigenvalue weighted by atomic mass is 35.5. The molecule has 0 radical (unpaired) electrons. The topological polar surface area (TPSA) is 86.8 Å². The van der Waals surface area contributed by atoms with Crippen molar-refractivity contribution in [3.63, 3.8) is 0 Å². The van der Waals surface area contributed by atoms with Gasteiger partial charge in [0.15, 0.2) is 0 Å². The maximum Gasteiger partial charge on any atom is 0.264 e. The van der Waals surface area contributed by atoms with Crippen molar-refractivity contribution in [2.24, 2.45) is 0 Å². The number of hydrogen-bond acceptors (Lipinski definition) is 4. The number of nitrogens with zero attached hydrogens (tertiary/aromatic N) is 2. The number of rotatable bonds is 12. The highest BCUT2D eigenvalue weighted by Crippen LogP contribution is 2.29. The van der Waals surface area contributed by atoms with Gasteiger partial charge in [-0.15, -0.1) is 0 Å². The summed E-state index contributed by atoms with van der Waals surface area (Å²) in [5.41, 5.74) is 2.60. The van der Waals surface area contributed by atoms with Gasteiger partial charge in [0.25, 0.3) is 10.0 Å². The third kappa shape index (κ3) is 9.11. The largest absolute Gasteiger partial charge is 0.352 e. The van der Waals surface area contributed by atoms with Gasteiger partial charge in [-0.05, 0) is 73.4 Å². The molecule has 0 aliphatic heterocycles. The smallest absolute Gasteiger partial charge is 0.264 e. The summed E-state index contributed by atoms with van der Waals surface area (Å²) >= 11 is 18.9. The summed E-state index contributed by atoms with van der Waals surface area (Å²) in [5, 5.41) is 4.17. The Kier molecular flexibility index (Phi) is 12.1. The van der Waals surface area contributed by atoms with E-state index in [2.05, 4.69) is 5.32 Å². The molecule has 1 fully saturated rings. The lowest BCUT2D eigenvalue weighted by Gasteiger charge is -2.35. The van der Waals surface area contributed by atoms with Crippen LogP contribution in [0.25, 0.3) is 0 Å². The molecular formula is C37H38Cl3N3O4S. The molecule has 7 nitrogen and oxygen atoms in total. The minimum Gasteiger partial charge on any atom is -0.352 e. The molecule has 0 heterocycles. The maximum atomic E-state index is 14.7. The van der Waals surface area contributed by atoms with E-state index in [4.69, 9.17) is 34.8 Å². The number of amides is 2. The van der Waals surface area contributed by atoms with Gasteiger partial charge in [-0.25, -0.2) is 8.42 Å². The van der Waals surface area contributed by atoms with Crippen molar-refractivity contribution in [2.75, 3.05) is 10.8 Å². The molecule has 1 atom stereocenters. The van der Waals surface area contributed by atoms with Crippen LogP contribution in [0.3, 0.4) is 0 Å². The molecule has 1 N–H and O–H groups in total. The fraction of sp³-hybridized carbons (Fsp3) is 0.297. The minimum atomic E-state index is -4.24. The van der Waals surface area contributed by atoms with Gasteiger partial charge in [0.05, 0.1) is 20.6 Å².